The predicted molar refractivity (Wildman–Crippen MR) is 101 cm³/mol. The number of urea groups is 1. The Labute approximate surface area is 163 Å². The number of nitrogens with one attached hydrogen (secondary N) is 2. The lowest BCUT2D eigenvalue weighted by atomic mass is 10.1. The number of nitrogens with two attached hydrogens (primary N) is 1. The van der Waals surface area contributed by atoms with Gasteiger partial charge in [-0.15, -0.1) is 12.4 Å². The molecule has 1 aliphatic heterocycles. The molecule has 4 amide bonds. The van der Waals surface area contributed by atoms with Crippen LogP contribution in [-0.4, -0.2) is 36.5 Å². The van der Waals surface area contributed by atoms with Crippen LogP contribution in [0.3, 0.4) is 0 Å². The van der Waals surface area contributed by atoms with Gasteiger partial charge in [0.15, 0.2) is 0 Å². The van der Waals surface area contributed by atoms with Crippen molar-refractivity contribution in [1.29, 1.82) is 0 Å². The lowest BCUT2D eigenvalue weighted by Crippen LogP contribution is -2.39. The molecule has 2 aliphatic rings. The number of nitrogens with zero attached hydrogens (tertiary/aromatic N) is 1. The molecule has 7 nitrogen and oxygen atoms in total. The molecule has 0 radical (unpaired) electrons. The molecule has 2 fully saturated rings. The summed E-state index contributed by atoms with van der Waals surface area (Å²) in [6.07, 6.45) is 2.65. The van der Waals surface area contributed by atoms with E-state index >= 15 is 0 Å². The first-order valence-corrected chi connectivity index (χ1v) is 8.76. The van der Waals surface area contributed by atoms with Gasteiger partial charge < -0.3 is 16.4 Å². The zero-order valence-electron chi connectivity index (χ0n) is 14.1. The van der Waals surface area contributed by atoms with Crippen molar-refractivity contribution in [2.75, 3.05) is 11.4 Å². The maximum atomic E-state index is 12.4. The van der Waals surface area contributed by atoms with Crippen molar-refractivity contribution in [1.82, 2.24) is 10.6 Å². The average molecular weight is 401 g/mol. The summed E-state index contributed by atoms with van der Waals surface area (Å²) < 4.78 is 0. The number of amides is 4. The summed E-state index contributed by atoms with van der Waals surface area (Å²) in [7, 11) is 0. The minimum absolute atomic E-state index is 0. The molecule has 3 rings (SSSR count). The molecule has 1 saturated heterocycles. The van der Waals surface area contributed by atoms with Crippen LogP contribution in [0.2, 0.25) is 5.02 Å². The highest BCUT2D eigenvalue weighted by atomic mass is 35.5. The van der Waals surface area contributed by atoms with Gasteiger partial charge in [0, 0.05) is 24.0 Å². The molecule has 142 valence electrons. The van der Waals surface area contributed by atoms with Crippen LogP contribution in [0, 0.1) is 5.92 Å². The minimum atomic E-state index is -0.703. The molecule has 0 bridgehead atoms. The van der Waals surface area contributed by atoms with Gasteiger partial charge in [-0.25, -0.2) is 9.69 Å². The highest BCUT2D eigenvalue weighted by Gasteiger charge is 2.39. The van der Waals surface area contributed by atoms with Crippen molar-refractivity contribution in [2.45, 2.75) is 37.8 Å². The van der Waals surface area contributed by atoms with Gasteiger partial charge in [0.05, 0.1) is 5.69 Å². The highest BCUT2D eigenvalue weighted by molar-refractivity contribution is 6.30. The first kappa shape index (κ1) is 20.5. The van der Waals surface area contributed by atoms with E-state index in [1.165, 1.54) is 0 Å². The second-order valence-electron chi connectivity index (χ2n) is 6.50. The second kappa shape index (κ2) is 8.70. The lowest BCUT2D eigenvalue weighted by Gasteiger charge is -2.14. The van der Waals surface area contributed by atoms with Crippen LogP contribution in [0.15, 0.2) is 24.3 Å². The van der Waals surface area contributed by atoms with Crippen LogP contribution < -0.4 is 21.3 Å². The predicted octanol–water partition coefficient (Wildman–Crippen LogP) is 1.82. The summed E-state index contributed by atoms with van der Waals surface area (Å²) in [6.45, 7) is 0.450. The monoisotopic (exact) mass is 400 g/mol. The molecule has 2 unspecified atom stereocenters. The first-order valence-electron chi connectivity index (χ1n) is 8.38. The van der Waals surface area contributed by atoms with Gasteiger partial charge in [-0.3, -0.25) is 9.59 Å². The standard InChI is InChI=1S/C17H21ClN4O3.ClH/c18-11-3-5-12(6-4-11)22-16(24)14(21-17(22)25)7-8-15(23)20-9-13(19)10-1-2-10;/h3-6,10,13-14H,1-2,7-9,19H2,(H,20,23)(H,21,25);1H. The molecule has 26 heavy (non-hydrogen) atoms. The van der Waals surface area contributed by atoms with Crippen LogP contribution in [-0.2, 0) is 9.59 Å². The number of imide groups is 1. The van der Waals surface area contributed by atoms with Crippen LogP contribution in [0.1, 0.15) is 25.7 Å². The normalized spacial score (nSPS) is 20.4. The summed E-state index contributed by atoms with van der Waals surface area (Å²) in [5.74, 6) is -0.0122. The van der Waals surface area contributed by atoms with Crippen LogP contribution >= 0.6 is 24.0 Å². The molecule has 9 heteroatoms. The molecule has 1 heterocycles. The largest absolute Gasteiger partial charge is 0.355 e. The SMILES string of the molecule is Cl.NC(CNC(=O)CCC1NC(=O)N(c2ccc(Cl)cc2)C1=O)C1CC1. The van der Waals surface area contributed by atoms with Crippen LogP contribution in [0.4, 0.5) is 10.5 Å². The van der Waals surface area contributed by atoms with Gasteiger partial charge >= 0.3 is 6.03 Å². The Balaban J connectivity index is 0.00000243. The van der Waals surface area contributed by atoms with Crippen LogP contribution in [0.5, 0.6) is 0 Å². The molecular formula is C17H22Cl2N4O3. The summed E-state index contributed by atoms with van der Waals surface area (Å²) in [5, 5.41) is 5.92. The molecule has 1 saturated carbocycles. The maximum Gasteiger partial charge on any atom is 0.329 e. The number of carbonyl (C=O) groups excluding carboxylic acids is 3. The second-order valence-corrected chi connectivity index (χ2v) is 6.93. The number of benzene rings is 1. The molecule has 2 atom stereocenters. The van der Waals surface area contributed by atoms with E-state index in [0.717, 1.165) is 17.7 Å². The summed E-state index contributed by atoms with van der Waals surface area (Å²) in [4.78, 5) is 37.5. The quantitative estimate of drug-likeness (QED) is 0.607. The minimum Gasteiger partial charge on any atom is -0.355 e. The molecule has 4 N–H and O–H groups in total. The van der Waals surface area contributed by atoms with Crippen molar-refractivity contribution in [3.05, 3.63) is 29.3 Å². The maximum absolute atomic E-state index is 12.4. The van der Waals surface area contributed by atoms with E-state index in [-0.39, 0.29) is 43.1 Å². The summed E-state index contributed by atoms with van der Waals surface area (Å²) in [6, 6.07) is 5.24. The Morgan fingerprint density at radius 3 is 2.58 bits per heavy atom. The van der Waals surface area contributed by atoms with Crippen molar-refractivity contribution in [2.24, 2.45) is 11.7 Å². The Bertz CT molecular complexity index is 679. The number of halogens is 2. The number of hydrogen-bond acceptors (Lipinski definition) is 4. The zero-order valence-corrected chi connectivity index (χ0v) is 15.7. The Hall–Kier alpha value is -1.83. The van der Waals surface area contributed by atoms with Gasteiger partial charge in [0.25, 0.3) is 5.91 Å². The number of rotatable bonds is 7. The highest BCUT2D eigenvalue weighted by Crippen LogP contribution is 2.31. The first-order chi connectivity index (χ1) is 12.0. The molecule has 1 aromatic rings. The van der Waals surface area contributed by atoms with Gasteiger partial charge in [0.1, 0.15) is 6.04 Å². The topological polar surface area (TPSA) is 105 Å². The average Bonchev–Trinajstić information content (AvgIpc) is 3.39. The van der Waals surface area contributed by atoms with E-state index < -0.39 is 12.1 Å². The van der Waals surface area contributed by atoms with E-state index in [1.807, 2.05) is 0 Å². The molecule has 1 aromatic carbocycles. The van der Waals surface area contributed by atoms with E-state index in [9.17, 15) is 14.4 Å². The molecular weight excluding hydrogens is 379 g/mol. The van der Waals surface area contributed by atoms with Crippen molar-refractivity contribution >= 4 is 47.5 Å². The van der Waals surface area contributed by atoms with Gasteiger partial charge in [-0.2, -0.15) is 0 Å². The van der Waals surface area contributed by atoms with Gasteiger partial charge in [0.2, 0.25) is 5.91 Å². The molecule has 0 spiro atoms. The lowest BCUT2D eigenvalue weighted by molar-refractivity contribution is -0.121. The van der Waals surface area contributed by atoms with Crippen molar-refractivity contribution in [3.8, 4) is 0 Å². The third kappa shape index (κ3) is 4.87. The number of carbonyl (C=O) groups is 3. The number of hydrogen-bond donors (Lipinski definition) is 3. The van der Waals surface area contributed by atoms with E-state index in [4.69, 9.17) is 17.3 Å². The molecule has 0 aromatic heterocycles. The van der Waals surface area contributed by atoms with E-state index in [1.54, 1.807) is 24.3 Å². The number of anilines is 1. The zero-order chi connectivity index (χ0) is 18.0. The fourth-order valence-electron chi connectivity index (χ4n) is 2.85. The Morgan fingerprint density at radius 1 is 1.31 bits per heavy atom. The fourth-order valence-corrected chi connectivity index (χ4v) is 2.97. The smallest absolute Gasteiger partial charge is 0.329 e. The van der Waals surface area contributed by atoms with Gasteiger partial charge in [-0.05, 0) is 49.4 Å². The van der Waals surface area contributed by atoms with Crippen LogP contribution in [0.25, 0.3) is 0 Å². The van der Waals surface area contributed by atoms with Gasteiger partial charge in [-0.1, -0.05) is 11.6 Å². The fraction of sp³-hybridized carbons (Fsp3) is 0.471. The van der Waals surface area contributed by atoms with Crippen molar-refractivity contribution < 1.29 is 14.4 Å². The Morgan fingerprint density at radius 2 is 1.96 bits per heavy atom. The van der Waals surface area contributed by atoms with E-state index in [2.05, 4.69) is 10.6 Å². The summed E-state index contributed by atoms with van der Waals surface area (Å²) >= 11 is 5.82. The summed E-state index contributed by atoms with van der Waals surface area (Å²) in [5.41, 5.74) is 6.39. The third-order valence-corrected chi connectivity index (χ3v) is 4.78. The van der Waals surface area contributed by atoms with E-state index in [0.29, 0.717) is 23.2 Å². The molecule has 1 aliphatic carbocycles. The Kier molecular flexibility index (Phi) is 6.86. The van der Waals surface area contributed by atoms with Crippen molar-refractivity contribution in [3.63, 3.8) is 0 Å². The third-order valence-electron chi connectivity index (χ3n) is 4.53.